The number of hydrogen-bond donors (Lipinski definition) is 1. The Hall–Kier alpha value is -0.700. The maximum atomic E-state index is 14.0. The fraction of sp³-hybridized carbons (Fsp3) is 0.500. The normalized spacial score (nSPS) is 18.9. The summed E-state index contributed by atoms with van der Waals surface area (Å²) >= 11 is 3.08. The maximum Gasteiger partial charge on any atom is 0.246 e. The fourth-order valence-corrected chi connectivity index (χ4v) is 4.01. The first-order valence-corrected chi connectivity index (χ1v) is 8.49. The van der Waals surface area contributed by atoms with Crippen molar-refractivity contribution < 1.29 is 12.8 Å². The molecule has 1 aromatic carbocycles. The zero-order valence-electron chi connectivity index (χ0n) is 11.1. The van der Waals surface area contributed by atoms with Crippen LogP contribution in [-0.4, -0.2) is 50.8 Å². The lowest BCUT2D eigenvalue weighted by molar-refractivity contribution is 0.347. The van der Waals surface area contributed by atoms with Crippen LogP contribution in [0.3, 0.4) is 0 Å². The average Bonchev–Trinajstić information content (AvgIpc) is 2.59. The third-order valence-corrected chi connectivity index (χ3v) is 5.95. The minimum atomic E-state index is -3.85. The number of anilines is 1. The van der Waals surface area contributed by atoms with Gasteiger partial charge in [0.2, 0.25) is 10.0 Å². The van der Waals surface area contributed by atoms with Crippen LogP contribution in [0.5, 0.6) is 0 Å². The van der Waals surface area contributed by atoms with Gasteiger partial charge in [0.15, 0.2) is 0 Å². The minimum absolute atomic E-state index is 0.205. The van der Waals surface area contributed by atoms with Crippen molar-refractivity contribution in [3.05, 3.63) is 22.4 Å². The summed E-state index contributed by atoms with van der Waals surface area (Å²) in [6.45, 7) is 2.21. The Bertz CT molecular complexity index is 609. The molecule has 0 atom stereocenters. The van der Waals surface area contributed by atoms with Gasteiger partial charge in [0, 0.05) is 29.8 Å². The summed E-state index contributed by atoms with van der Waals surface area (Å²) in [5.74, 6) is -0.788. The van der Waals surface area contributed by atoms with E-state index in [1.54, 1.807) is 0 Å². The van der Waals surface area contributed by atoms with Crippen LogP contribution in [0.4, 0.5) is 10.1 Å². The second kappa shape index (κ2) is 5.97. The Morgan fingerprint density at radius 3 is 2.65 bits per heavy atom. The molecule has 1 aliphatic rings. The molecule has 0 aliphatic carbocycles. The van der Waals surface area contributed by atoms with Gasteiger partial charge in [0.1, 0.15) is 10.7 Å². The van der Waals surface area contributed by atoms with Crippen LogP contribution in [0, 0.1) is 5.82 Å². The lowest BCUT2D eigenvalue weighted by Crippen LogP contribution is -2.35. The number of likely N-dealkylation sites (N-methyl/N-ethyl adjacent to an activating group) is 1. The van der Waals surface area contributed by atoms with Crippen molar-refractivity contribution in [1.29, 1.82) is 0 Å². The number of nitrogens with zero attached hydrogens (tertiary/aromatic N) is 2. The molecule has 0 saturated carbocycles. The Balaban J connectivity index is 2.37. The van der Waals surface area contributed by atoms with E-state index in [1.807, 2.05) is 7.05 Å². The Morgan fingerprint density at radius 2 is 1.95 bits per heavy atom. The summed E-state index contributed by atoms with van der Waals surface area (Å²) < 4.78 is 40.7. The summed E-state index contributed by atoms with van der Waals surface area (Å²) in [4.78, 5) is 1.70. The molecule has 1 fully saturated rings. The summed E-state index contributed by atoms with van der Waals surface area (Å²) in [6.07, 6.45) is 0.726. The van der Waals surface area contributed by atoms with E-state index in [-0.39, 0.29) is 10.6 Å². The lowest BCUT2D eigenvalue weighted by Gasteiger charge is -2.20. The standard InChI is InChI=1S/C12H17BrFN3O2S/c1-16-3-2-4-17(6-5-16)20(18,19)12-8-11(15)9(13)7-10(12)14/h7-8H,2-6,15H2,1H3. The highest BCUT2D eigenvalue weighted by Gasteiger charge is 2.29. The third kappa shape index (κ3) is 3.13. The first-order chi connectivity index (χ1) is 9.32. The maximum absolute atomic E-state index is 14.0. The second-order valence-electron chi connectivity index (χ2n) is 4.87. The van der Waals surface area contributed by atoms with Crippen molar-refractivity contribution in [2.45, 2.75) is 11.3 Å². The summed E-state index contributed by atoms with van der Waals surface area (Å²) in [6, 6.07) is 2.26. The average molecular weight is 366 g/mol. The number of sulfonamides is 1. The molecule has 112 valence electrons. The second-order valence-corrected chi connectivity index (χ2v) is 7.63. The molecule has 0 aromatic heterocycles. The summed E-state index contributed by atoms with van der Waals surface area (Å²) in [5.41, 5.74) is 5.87. The van der Waals surface area contributed by atoms with Crippen molar-refractivity contribution in [2.24, 2.45) is 0 Å². The predicted octanol–water partition coefficient (Wildman–Crippen LogP) is 1.50. The molecule has 5 nitrogen and oxygen atoms in total. The molecule has 1 aromatic rings. The van der Waals surface area contributed by atoms with Crippen molar-refractivity contribution >= 4 is 31.6 Å². The molecule has 0 spiro atoms. The van der Waals surface area contributed by atoms with E-state index in [9.17, 15) is 12.8 Å². The highest BCUT2D eigenvalue weighted by Crippen LogP contribution is 2.28. The van der Waals surface area contributed by atoms with Crippen LogP contribution in [-0.2, 0) is 10.0 Å². The Labute approximate surface area is 126 Å². The van der Waals surface area contributed by atoms with Gasteiger partial charge in [-0.1, -0.05) is 0 Å². The lowest BCUT2D eigenvalue weighted by atomic mass is 10.3. The van der Waals surface area contributed by atoms with E-state index in [2.05, 4.69) is 20.8 Å². The van der Waals surface area contributed by atoms with Crippen molar-refractivity contribution in [2.75, 3.05) is 39.0 Å². The van der Waals surface area contributed by atoms with Crippen molar-refractivity contribution in [1.82, 2.24) is 9.21 Å². The van der Waals surface area contributed by atoms with Crippen LogP contribution in [0.1, 0.15) is 6.42 Å². The van der Waals surface area contributed by atoms with Crippen LogP contribution in [0.2, 0.25) is 0 Å². The van der Waals surface area contributed by atoms with Gasteiger partial charge in [-0.15, -0.1) is 0 Å². The topological polar surface area (TPSA) is 66.6 Å². The van der Waals surface area contributed by atoms with E-state index < -0.39 is 15.8 Å². The van der Waals surface area contributed by atoms with Crippen molar-refractivity contribution in [3.8, 4) is 0 Å². The zero-order valence-corrected chi connectivity index (χ0v) is 13.5. The molecule has 0 radical (unpaired) electrons. The molecule has 2 rings (SSSR count). The highest BCUT2D eigenvalue weighted by atomic mass is 79.9. The predicted molar refractivity (Wildman–Crippen MR) is 79.4 cm³/mol. The van der Waals surface area contributed by atoms with Gasteiger partial charge in [-0.2, -0.15) is 4.31 Å². The van der Waals surface area contributed by atoms with Crippen LogP contribution < -0.4 is 5.73 Å². The molecule has 0 unspecified atom stereocenters. The minimum Gasteiger partial charge on any atom is -0.398 e. The van der Waals surface area contributed by atoms with E-state index in [4.69, 9.17) is 5.73 Å². The largest absolute Gasteiger partial charge is 0.398 e. The number of nitrogens with two attached hydrogens (primary N) is 1. The first kappa shape index (κ1) is 15.7. The number of rotatable bonds is 2. The molecular formula is C12H17BrFN3O2S. The van der Waals surface area contributed by atoms with Crippen molar-refractivity contribution in [3.63, 3.8) is 0 Å². The van der Waals surface area contributed by atoms with Gasteiger partial charge >= 0.3 is 0 Å². The number of nitrogen functional groups attached to an aromatic ring is 1. The van der Waals surface area contributed by atoms with Gasteiger partial charge in [0.05, 0.1) is 0 Å². The van der Waals surface area contributed by atoms with Gasteiger partial charge in [0.25, 0.3) is 0 Å². The fourth-order valence-electron chi connectivity index (χ4n) is 2.14. The van der Waals surface area contributed by atoms with E-state index in [0.29, 0.717) is 24.1 Å². The molecule has 1 heterocycles. The molecule has 0 amide bonds. The summed E-state index contributed by atoms with van der Waals surface area (Å²) in [5, 5.41) is 0. The first-order valence-electron chi connectivity index (χ1n) is 6.25. The van der Waals surface area contributed by atoms with Crippen LogP contribution in [0.15, 0.2) is 21.5 Å². The molecule has 8 heteroatoms. The molecule has 0 bridgehead atoms. The van der Waals surface area contributed by atoms with Crippen LogP contribution in [0.25, 0.3) is 0 Å². The Morgan fingerprint density at radius 1 is 1.25 bits per heavy atom. The van der Waals surface area contributed by atoms with Gasteiger partial charge < -0.3 is 10.6 Å². The third-order valence-electron chi connectivity index (χ3n) is 3.35. The van der Waals surface area contributed by atoms with E-state index >= 15 is 0 Å². The molecular weight excluding hydrogens is 349 g/mol. The summed E-state index contributed by atoms with van der Waals surface area (Å²) in [7, 11) is -1.91. The van der Waals surface area contributed by atoms with Gasteiger partial charge in [-0.05, 0) is 48.1 Å². The van der Waals surface area contributed by atoms with Gasteiger partial charge in [-0.25, -0.2) is 12.8 Å². The monoisotopic (exact) mass is 365 g/mol. The zero-order chi connectivity index (χ0) is 14.9. The van der Waals surface area contributed by atoms with E-state index in [0.717, 1.165) is 19.0 Å². The number of benzene rings is 1. The number of halogens is 2. The SMILES string of the molecule is CN1CCCN(S(=O)(=O)c2cc(N)c(Br)cc2F)CC1. The molecule has 1 aliphatic heterocycles. The smallest absolute Gasteiger partial charge is 0.246 e. The van der Waals surface area contributed by atoms with Gasteiger partial charge in [-0.3, -0.25) is 0 Å². The quantitative estimate of drug-likeness (QED) is 0.806. The molecule has 2 N–H and O–H groups in total. The molecule has 1 saturated heterocycles. The molecule has 20 heavy (non-hydrogen) atoms. The number of hydrogen-bond acceptors (Lipinski definition) is 4. The highest BCUT2D eigenvalue weighted by molar-refractivity contribution is 9.10. The van der Waals surface area contributed by atoms with Crippen LogP contribution >= 0.6 is 15.9 Å². The Kier molecular flexibility index (Phi) is 4.68. The van der Waals surface area contributed by atoms with E-state index in [1.165, 1.54) is 10.4 Å².